The summed E-state index contributed by atoms with van der Waals surface area (Å²) in [5.74, 6) is -0.560. The molecule has 4 rings (SSSR count). The van der Waals surface area contributed by atoms with Crippen molar-refractivity contribution >= 4 is 53.8 Å². The van der Waals surface area contributed by atoms with E-state index in [1.807, 2.05) is 43.3 Å². The highest BCUT2D eigenvalue weighted by Gasteiger charge is 2.23. The van der Waals surface area contributed by atoms with E-state index in [1.165, 1.54) is 24.3 Å². The Balaban J connectivity index is 1.49. The summed E-state index contributed by atoms with van der Waals surface area (Å²) in [4.78, 5) is 12.7. The Labute approximate surface area is 217 Å². The molecule has 0 aromatic heterocycles. The van der Waals surface area contributed by atoms with Gasteiger partial charge in [-0.05, 0) is 61.2 Å². The molecular formula is C27H27N3O5S2. The largest absolute Gasteiger partial charge is 0.325 e. The van der Waals surface area contributed by atoms with E-state index in [-0.39, 0.29) is 4.90 Å². The number of hydrogen-bond donors (Lipinski definition) is 2. The number of carbonyl (C=O) groups is 1. The molecule has 0 saturated heterocycles. The smallest absolute Gasteiger partial charge is 0.261 e. The Morgan fingerprint density at radius 3 is 2.19 bits per heavy atom. The summed E-state index contributed by atoms with van der Waals surface area (Å²) in [6.45, 7) is 3.25. The van der Waals surface area contributed by atoms with Crippen molar-refractivity contribution in [3.8, 4) is 0 Å². The van der Waals surface area contributed by atoms with E-state index in [0.29, 0.717) is 17.1 Å². The number of aryl methyl sites for hydroxylation is 2. The molecule has 0 spiro atoms. The van der Waals surface area contributed by atoms with Crippen molar-refractivity contribution in [2.75, 3.05) is 27.1 Å². The lowest BCUT2D eigenvalue weighted by molar-refractivity contribution is -0.114. The predicted octanol–water partition coefficient (Wildman–Crippen LogP) is 4.66. The van der Waals surface area contributed by atoms with Crippen LogP contribution in [0.1, 0.15) is 11.1 Å². The topological polar surface area (TPSA) is 113 Å². The van der Waals surface area contributed by atoms with Crippen molar-refractivity contribution in [3.05, 3.63) is 96.1 Å². The fourth-order valence-electron chi connectivity index (χ4n) is 4.03. The zero-order valence-electron chi connectivity index (χ0n) is 20.6. The molecule has 0 radical (unpaired) electrons. The Bertz CT molecular complexity index is 1680. The average Bonchev–Trinajstić information content (AvgIpc) is 2.83. The van der Waals surface area contributed by atoms with Gasteiger partial charge in [0.15, 0.2) is 0 Å². The molecule has 8 nitrogen and oxygen atoms in total. The van der Waals surface area contributed by atoms with Crippen LogP contribution in [0.15, 0.2) is 89.8 Å². The van der Waals surface area contributed by atoms with Crippen LogP contribution in [0.25, 0.3) is 10.8 Å². The maximum absolute atomic E-state index is 13.0. The molecule has 0 heterocycles. The number of amides is 1. The predicted molar refractivity (Wildman–Crippen MR) is 148 cm³/mol. The minimum atomic E-state index is -3.88. The maximum Gasteiger partial charge on any atom is 0.261 e. The Kier molecular flexibility index (Phi) is 7.24. The third-order valence-electron chi connectivity index (χ3n) is 5.79. The highest BCUT2D eigenvalue weighted by Crippen LogP contribution is 2.27. The zero-order chi connectivity index (χ0) is 26.8. The van der Waals surface area contributed by atoms with Gasteiger partial charge < -0.3 is 5.32 Å². The molecule has 0 aliphatic rings. The molecule has 2 N–H and O–H groups in total. The standard InChI is InChI=1S/C27H27N3O5S2/c1-19-11-16-26(20(2)17-19)30(36(3,32)33)18-27(31)28-22-12-14-23(15-13-22)37(34,35)29-25-10-6-8-21-7-4-5-9-24(21)25/h4-17,29H,18H2,1-3H3,(H,28,31). The van der Waals surface area contributed by atoms with Gasteiger partial charge >= 0.3 is 0 Å². The molecule has 0 bridgehead atoms. The van der Waals surface area contributed by atoms with Crippen LogP contribution in [0.4, 0.5) is 17.1 Å². The minimum absolute atomic E-state index is 0.0199. The first-order valence-corrected chi connectivity index (χ1v) is 14.7. The number of hydrogen-bond acceptors (Lipinski definition) is 5. The van der Waals surface area contributed by atoms with Gasteiger partial charge in [-0.3, -0.25) is 13.8 Å². The lowest BCUT2D eigenvalue weighted by Gasteiger charge is -2.24. The lowest BCUT2D eigenvalue weighted by Crippen LogP contribution is -2.37. The highest BCUT2D eigenvalue weighted by atomic mass is 32.2. The zero-order valence-corrected chi connectivity index (χ0v) is 22.2. The van der Waals surface area contributed by atoms with Crippen LogP contribution >= 0.6 is 0 Å². The number of nitrogens with zero attached hydrogens (tertiary/aromatic N) is 1. The molecule has 0 atom stereocenters. The fraction of sp³-hybridized carbons (Fsp3) is 0.148. The molecule has 37 heavy (non-hydrogen) atoms. The van der Waals surface area contributed by atoms with E-state index >= 15 is 0 Å². The molecule has 4 aromatic carbocycles. The highest BCUT2D eigenvalue weighted by molar-refractivity contribution is 7.92. The molecule has 0 saturated carbocycles. The van der Waals surface area contributed by atoms with Crippen molar-refractivity contribution in [3.63, 3.8) is 0 Å². The van der Waals surface area contributed by atoms with Gasteiger partial charge in [0.2, 0.25) is 15.9 Å². The number of benzene rings is 4. The molecule has 4 aromatic rings. The average molecular weight is 538 g/mol. The molecular weight excluding hydrogens is 510 g/mol. The van der Waals surface area contributed by atoms with Crippen LogP contribution in [-0.2, 0) is 24.8 Å². The number of carbonyl (C=O) groups excluding carboxylic acids is 1. The summed E-state index contributed by atoms with van der Waals surface area (Å²) >= 11 is 0. The molecule has 0 fully saturated rings. The quantitative estimate of drug-likeness (QED) is 0.339. The van der Waals surface area contributed by atoms with Crippen molar-refractivity contribution in [2.45, 2.75) is 18.7 Å². The van der Waals surface area contributed by atoms with Crippen LogP contribution in [0.5, 0.6) is 0 Å². The molecule has 0 aliphatic heterocycles. The first-order valence-electron chi connectivity index (χ1n) is 11.4. The number of fused-ring (bicyclic) bond motifs is 1. The fourth-order valence-corrected chi connectivity index (χ4v) is 6.03. The van der Waals surface area contributed by atoms with Crippen LogP contribution < -0.4 is 14.3 Å². The summed E-state index contributed by atoms with van der Waals surface area (Å²) in [6, 6.07) is 23.8. The monoisotopic (exact) mass is 537 g/mol. The van der Waals surface area contributed by atoms with Gasteiger partial charge in [0, 0.05) is 11.1 Å². The van der Waals surface area contributed by atoms with Crippen molar-refractivity contribution < 1.29 is 21.6 Å². The number of anilines is 3. The van der Waals surface area contributed by atoms with Crippen LogP contribution in [0.2, 0.25) is 0 Å². The van der Waals surface area contributed by atoms with Crippen molar-refractivity contribution in [1.82, 2.24) is 0 Å². The van der Waals surface area contributed by atoms with Crippen LogP contribution in [0.3, 0.4) is 0 Å². The van der Waals surface area contributed by atoms with E-state index < -0.39 is 32.5 Å². The van der Waals surface area contributed by atoms with E-state index in [0.717, 1.165) is 32.5 Å². The lowest BCUT2D eigenvalue weighted by atomic mass is 10.1. The van der Waals surface area contributed by atoms with Gasteiger partial charge in [-0.1, -0.05) is 54.1 Å². The van der Waals surface area contributed by atoms with Gasteiger partial charge in [-0.15, -0.1) is 0 Å². The maximum atomic E-state index is 13.0. The van der Waals surface area contributed by atoms with Crippen molar-refractivity contribution in [2.24, 2.45) is 0 Å². The third-order valence-corrected chi connectivity index (χ3v) is 8.30. The summed E-state index contributed by atoms with van der Waals surface area (Å²) in [6.07, 6.45) is 1.04. The van der Waals surface area contributed by atoms with Crippen molar-refractivity contribution in [1.29, 1.82) is 0 Å². The SMILES string of the molecule is Cc1ccc(N(CC(=O)Nc2ccc(S(=O)(=O)Nc3cccc4ccccc34)cc2)S(C)(=O)=O)c(C)c1. The summed E-state index contributed by atoms with van der Waals surface area (Å²) in [5, 5.41) is 4.32. The summed E-state index contributed by atoms with van der Waals surface area (Å²) < 4.78 is 54.4. The Morgan fingerprint density at radius 2 is 1.51 bits per heavy atom. The van der Waals surface area contributed by atoms with Gasteiger partial charge in [0.05, 0.1) is 22.5 Å². The minimum Gasteiger partial charge on any atom is -0.325 e. The molecule has 1 amide bonds. The van der Waals surface area contributed by atoms with Gasteiger partial charge in [0.1, 0.15) is 6.54 Å². The first-order chi connectivity index (χ1) is 17.4. The number of nitrogens with one attached hydrogen (secondary N) is 2. The Morgan fingerprint density at radius 1 is 0.838 bits per heavy atom. The van der Waals surface area contributed by atoms with Gasteiger partial charge in [-0.25, -0.2) is 16.8 Å². The van der Waals surface area contributed by atoms with E-state index in [1.54, 1.807) is 31.2 Å². The summed E-state index contributed by atoms with van der Waals surface area (Å²) in [7, 11) is -7.61. The van der Waals surface area contributed by atoms with E-state index in [9.17, 15) is 21.6 Å². The number of rotatable bonds is 8. The van der Waals surface area contributed by atoms with Crippen LogP contribution in [0, 0.1) is 13.8 Å². The first kappa shape index (κ1) is 26.2. The Hall–Kier alpha value is -3.89. The van der Waals surface area contributed by atoms with Gasteiger partial charge in [-0.2, -0.15) is 0 Å². The molecule has 0 aliphatic carbocycles. The second-order valence-electron chi connectivity index (χ2n) is 8.76. The van der Waals surface area contributed by atoms with Gasteiger partial charge in [0.25, 0.3) is 10.0 Å². The normalized spacial score (nSPS) is 11.8. The second kappa shape index (κ2) is 10.2. The second-order valence-corrected chi connectivity index (χ2v) is 12.4. The number of sulfonamides is 2. The van der Waals surface area contributed by atoms with Crippen LogP contribution in [-0.4, -0.2) is 35.5 Å². The third kappa shape index (κ3) is 6.10. The van der Waals surface area contributed by atoms with E-state index in [2.05, 4.69) is 10.0 Å². The molecule has 10 heteroatoms. The molecule has 192 valence electrons. The van der Waals surface area contributed by atoms with E-state index in [4.69, 9.17) is 0 Å². The summed E-state index contributed by atoms with van der Waals surface area (Å²) in [5.41, 5.74) is 2.92. The molecule has 0 unspecified atom stereocenters.